The molecule has 6 nitrogen and oxygen atoms in total. The molecule has 0 aromatic carbocycles. The quantitative estimate of drug-likeness (QED) is 0.375. The van der Waals surface area contributed by atoms with Crippen molar-refractivity contribution in [1.82, 2.24) is 5.32 Å². The van der Waals surface area contributed by atoms with Crippen LogP contribution in [0.2, 0.25) is 0 Å². The largest absolute Gasteiger partial charge is 0.458 e. The van der Waals surface area contributed by atoms with Crippen molar-refractivity contribution >= 4 is 17.9 Å². The van der Waals surface area contributed by atoms with Crippen LogP contribution in [0.4, 0.5) is 0 Å². The van der Waals surface area contributed by atoms with Crippen LogP contribution >= 0.6 is 0 Å². The maximum atomic E-state index is 11.3. The van der Waals surface area contributed by atoms with Crippen LogP contribution in [0.15, 0.2) is 0 Å². The van der Waals surface area contributed by atoms with E-state index in [0.717, 1.165) is 6.42 Å². The second kappa shape index (κ2) is 5.45. The number of carbonyl (C=O) groups excluding carboxylic acids is 3. The molecule has 1 atom stereocenters. The minimum Gasteiger partial charge on any atom is -0.458 e. The highest BCUT2D eigenvalue weighted by Gasteiger charge is 2.28. The van der Waals surface area contributed by atoms with E-state index in [1.54, 1.807) is 6.92 Å². The Labute approximate surface area is 86.9 Å². The summed E-state index contributed by atoms with van der Waals surface area (Å²) in [5.41, 5.74) is 0. The molecular weight excluding hydrogens is 202 g/mol. The summed E-state index contributed by atoms with van der Waals surface area (Å²) in [6.45, 7) is 2.35. The van der Waals surface area contributed by atoms with Crippen molar-refractivity contribution in [3.63, 3.8) is 0 Å². The molecule has 1 heterocycles. The van der Waals surface area contributed by atoms with Gasteiger partial charge >= 0.3 is 17.9 Å². The highest BCUT2D eigenvalue weighted by Crippen LogP contribution is 2.06. The molecule has 1 aliphatic heterocycles. The topological polar surface area (TPSA) is 81.7 Å². The molecule has 84 valence electrons. The zero-order valence-electron chi connectivity index (χ0n) is 8.45. The summed E-state index contributed by atoms with van der Waals surface area (Å²) in [6.07, 6.45) is 1.47. The molecule has 15 heavy (non-hydrogen) atoms. The van der Waals surface area contributed by atoms with Crippen LogP contribution in [0.3, 0.4) is 0 Å². The molecule has 0 amide bonds. The predicted molar refractivity (Wildman–Crippen MR) is 48.8 cm³/mol. The molecule has 0 aromatic heterocycles. The van der Waals surface area contributed by atoms with Crippen LogP contribution in [0.25, 0.3) is 0 Å². The van der Waals surface area contributed by atoms with Crippen molar-refractivity contribution < 1.29 is 23.9 Å². The molecule has 0 radical (unpaired) electrons. The Balaban J connectivity index is 2.36. The first-order valence-electron chi connectivity index (χ1n) is 4.81. The zero-order chi connectivity index (χ0) is 11.3. The third kappa shape index (κ3) is 3.32. The number of nitrogens with one attached hydrogen (secondary N) is 1. The van der Waals surface area contributed by atoms with Crippen LogP contribution in [0.1, 0.15) is 19.8 Å². The SMILES string of the molecule is CCOC(=O)C(=O)OC(=O)[C@@H]1CCCN1. The van der Waals surface area contributed by atoms with Gasteiger partial charge in [-0.3, -0.25) is 0 Å². The number of rotatable bonds is 2. The van der Waals surface area contributed by atoms with E-state index in [9.17, 15) is 14.4 Å². The van der Waals surface area contributed by atoms with Gasteiger partial charge in [0.05, 0.1) is 6.61 Å². The van der Waals surface area contributed by atoms with Gasteiger partial charge in [-0.2, -0.15) is 0 Å². The lowest BCUT2D eigenvalue weighted by Gasteiger charge is -2.07. The first kappa shape index (κ1) is 11.6. The minimum atomic E-state index is -1.25. The minimum absolute atomic E-state index is 0.0732. The van der Waals surface area contributed by atoms with E-state index in [1.807, 2.05) is 0 Å². The number of ether oxygens (including phenoxy) is 2. The van der Waals surface area contributed by atoms with E-state index in [0.29, 0.717) is 13.0 Å². The van der Waals surface area contributed by atoms with Gasteiger partial charge in [0.2, 0.25) is 0 Å². The molecule has 0 aromatic rings. The lowest BCUT2D eigenvalue weighted by molar-refractivity contribution is -0.173. The average Bonchev–Trinajstić information content (AvgIpc) is 2.70. The van der Waals surface area contributed by atoms with Crippen molar-refractivity contribution in [3.8, 4) is 0 Å². The smallest absolute Gasteiger partial charge is 0.425 e. The zero-order valence-corrected chi connectivity index (χ0v) is 8.45. The standard InChI is InChI=1S/C9H13NO5/c1-2-14-8(12)9(13)15-7(11)6-4-3-5-10-6/h6,10H,2-5H2,1H3/t6-/m0/s1. The van der Waals surface area contributed by atoms with Gasteiger partial charge < -0.3 is 14.8 Å². The Hall–Kier alpha value is -1.43. The second-order valence-corrected chi connectivity index (χ2v) is 3.08. The number of hydrogen-bond donors (Lipinski definition) is 1. The molecule has 0 bridgehead atoms. The lowest BCUT2D eigenvalue weighted by Crippen LogP contribution is -2.35. The monoisotopic (exact) mass is 215 g/mol. The maximum Gasteiger partial charge on any atom is 0.425 e. The van der Waals surface area contributed by atoms with Gasteiger partial charge in [-0.15, -0.1) is 0 Å². The first-order chi connectivity index (χ1) is 7.15. The molecule has 1 N–H and O–H groups in total. The van der Waals surface area contributed by atoms with Crippen LogP contribution < -0.4 is 5.32 Å². The van der Waals surface area contributed by atoms with Crippen molar-refractivity contribution in [2.24, 2.45) is 0 Å². The van der Waals surface area contributed by atoms with Crippen molar-refractivity contribution in [3.05, 3.63) is 0 Å². The maximum absolute atomic E-state index is 11.3. The van der Waals surface area contributed by atoms with Gasteiger partial charge in [-0.25, -0.2) is 14.4 Å². The van der Waals surface area contributed by atoms with Gasteiger partial charge in [0.15, 0.2) is 0 Å². The predicted octanol–water partition coefficient (Wildman–Crippen LogP) is -0.629. The summed E-state index contributed by atoms with van der Waals surface area (Å²) in [7, 11) is 0. The van der Waals surface area contributed by atoms with Gasteiger partial charge in [0.1, 0.15) is 6.04 Å². The Morgan fingerprint density at radius 1 is 1.33 bits per heavy atom. The molecule has 1 rings (SSSR count). The first-order valence-corrected chi connectivity index (χ1v) is 4.81. The highest BCUT2D eigenvalue weighted by molar-refractivity contribution is 6.31. The third-order valence-corrected chi connectivity index (χ3v) is 1.98. The number of hydrogen-bond acceptors (Lipinski definition) is 6. The van der Waals surface area contributed by atoms with Gasteiger partial charge in [-0.1, -0.05) is 0 Å². The van der Waals surface area contributed by atoms with Crippen molar-refractivity contribution in [1.29, 1.82) is 0 Å². The molecule has 1 saturated heterocycles. The molecule has 1 aliphatic rings. The Morgan fingerprint density at radius 2 is 2.07 bits per heavy atom. The van der Waals surface area contributed by atoms with Gasteiger partial charge in [0, 0.05) is 0 Å². The van der Waals surface area contributed by atoms with E-state index >= 15 is 0 Å². The van der Waals surface area contributed by atoms with Crippen LogP contribution in [-0.2, 0) is 23.9 Å². The summed E-state index contributed by atoms with van der Waals surface area (Å²) in [6, 6.07) is -0.483. The van der Waals surface area contributed by atoms with Crippen molar-refractivity contribution in [2.75, 3.05) is 13.2 Å². The highest BCUT2D eigenvalue weighted by atomic mass is 16.6. The molecular formula is C9H13NO5. The second-order valence-electron chi connectivity index (χ2n) is 3.08. The fourth-order valence-electron chi connectivity index (χ4n) is 1.28. The van der Waals surface area contributed by atoms with Gasteiger partial charge in [-0.05, 0) is 26.3 Å². The van der Waals surface area contributed by atoms with Crippen LogP contribution in [0, 0.1) is 0 Å². The summed E-state index contributed by atoms with van der Waals surface area (Å²) >= 11 is 0. The molecule has 0 spiro atoms. The summed E-state index contributed by atoms with van der Waals surface area (Å²) in [4.78, 5) is 33.0. The fourth-order valence-corrected chi connectivity index (χ4v) is 1.28. The molecule has 0 unspecified atom stereocenters. The Morgan fingerprint density at radius 3 is 2.60 bits per heavy atom. The van der Waals surface area contributed by atoms with E-state index in [2.05, 4.69) is 14.8 Å². The number of carbonyl (C=O) groups is 3. The summed E-state index contributed by atoms with van der Waals surface area (Å²) < 4.78 is 8.71. The van der Waals surface area contributed by atoms with E-state index in [-0.39, 0.29) is 6.61 Å². The molecule has 1 fully saturated rings. The van der Waals surface area contributed by atoms with E-state index < -0.39 is 23.9 Å². The molecule has 6 heteroatoms. The van der Waals surface area contributed by atoms with Crippen LogP contribution in [-0.4, -0.2) is 37.1 Å². The fraction of sp³-hybridized carbons (Fsp3) is 0.667. The average molecular weight is 215 g/mol. The van der Waals surface area contributed by atoms with E-state index in [1.165, 1.54) is 0 Å². The summed E-state index contributed by atoms with van der Waals surface area (Å²) in [5.74, 6) is -3.11. The van der Waals surface area contributed by atoms with Gasteiger partial charge in [0.25, 0.3) is 0 Å². The third-order valence-electron chi connectivity index (χ3n) is 1.98. The summed E-state index contributed by atoms with van der Waals surface area (Å²) in [5, 5.41) is 2.85. The Bertz CT molecular complexity index is 270. The molecule has 0 aliphatic carbocycles. The van der Waals surface area contributed by atoms with E-state index in [4.69, 9.17) is 0 Å². The number of esters is 3. The van der Waals surface area contributed by atoms with Crippen LogP contribution in [0.5, 0.6) is 0 Å². The normalized spacial score (nSPS) is 19.7. The lowest BCUT2D eigenvalue weighted by atomic mass is 10.2. The Kier molecular flexibility index (Phi) is 4.23. The molecule has 0 saturated carbocycles. The van der Waals surface area contributed by atoms with Crippen molar-refractivity contribution in [2.45, 2.75) is 25.8 Å².